The van der Waals surface area contributed by atoms with Crippen LogP contribution in [-0.4, -0.2) is 43.5 Å². The summed E-state index contributed by atoms with van der Waals surface area (Å²) < 4.78 is 69.2. The van der Waals surface area contributed by atoms with Crippen LogP contribution in [0, 0.1) is 5.92 Å². The zero-order chi connectivity index (χ0) is 25.5. The van der Waals surface area contributed by atoms with Gasteiger partial charge in [0.2, 0.25) is 0 Å². The molecule has 0 fully saturated rings. The van der Waals surface area contributed by atoms with Gasteiger partial charge in [-0.3, -0.25) is 23.5 Å². The second kappa shape index (κ2) is 8.82. The van der Waals surface area contributed by atoms with Crippen molar-refractivity contribution in [3.8, 4) is 5.75 Å². The lowest BCUT2D eigenvalue weighted by atomic mass is 9.76. The molecule has 3 aromatic rings. The number of benzene rings is 3. The summed E-state index contributed by atoms with van der Waals surface area (Å²) in [6, 6.07) is 14.5. The zero-order valence-corrected chi connectivity index (χ0v) is 19.2. The van der Waals surface area contributed by atoms with Gasteiger partial charge in [-0.1, -0.05) is 36.4 Å². The molecule has 1 aliphatic heterocycles. The van der Waals surface area contributed by atoms with Crippen LogP contribution in [0.5, 0.6) is 5.75 Å². The Labute approximate surface area is 199 Å². The molecule has 0 saturated heterocycles. The molecule has 0 aromatic heterocycles. The van der Waals surface area contributed by atoms with Crippen molar-refractivity contribution < 1.29 is 45.1 Å². The number of rotatable bonds is 6. The fraction of sp³-hybridized carbons (Fsp3) is 0.0870. The average molecular weight is 517 g/mol. The largest absolute Gasteiger partial charge is 0.425 e. The van der Waals surface area contributed by atoms with E-state index in [1.54, 1.807) is 12.1 Å². The Hall–Kier alpha value is -3.71. The minimum absolute atomic E-state index is 0.0316. The second-order valence-electron chi connectivity index (χ2n) is 7.64. The van der Waals surface area contributed by atoms with Gasteiger partial charge in [0.05, 0.1) is 21.3 Å². The second-order valence-corrected chi connectivity index (χ2v) is 10.5. The Bertz CT molecular complexity index is 1560. The summed E-state index contributed by atoms with van der Waals surface area (Å²) in [4.78, 5) is 38.8. The lowest BCUT2D eigenvalue weighted by Crippen LogP contribution is -2.40. The van der Waals surface area contributed by atoms with E-state index in [0.29, 0.717) is 0 Å². The number of para-hydroxylation sites is 1. The van der Waals surface area contributed by atoms with E-state index in [4.69, 9.17) is 4.74 Å². The van der Waals surface area contributed by atoms with E-state index in [0.717, 1.165) is 36.4 Å². The van der Waals surface area contributed by atoms with Crippen LogP contribution in [0.15, 0.2) is 82.6 Å². The Balaban J connectivity index is 1.84. The van der Waals surface area contributed by atoms with E-state index in [9.17, 15) is 40.3 Å². The van der Waals surface area contributed by atoms with Crippen molar-refractivity contribution in [3.05, 3.63) is 89.5 Å². The summed E-state index contributed by atoms with van der Waals surface area (Å²) in [5.41, 5.74) is 0.0721. The van der Waals surface area contributed by atoms with Gasteiger partial charge in [0.25, 0.3) is 20.2 Å². The van der Waals surface area contributed by atoms with Gasteiger partial charge in [0.1, 0.15) is 11.7 Å². The molecule has 3 aromatic carbocycles. The van der Waals surface area contributed by atoms with Gasteiger partial charge < -0.3 is 4.74 Å². The number of carbonyl (C=O) groups excluding carboxylic acids is 3. The zero-order valence-electron chi connectivity index (χ0n) is 17.6. The van der Waals surface area contributed by atoms with Gasteiger partial charge in [-0.25, -0.2) is 0 Å². The highest BCUT2D eigenvalue weighted by Gasteiger charge is 2.45. The highest BCUT2D eigenvalue weighted by atomic mass is 32.2. The van der Waals surface area contributed by atoms with Gasteiger partial charge in [-0.2, -0.15) is 16.8 Å². The predicted octanol–water partition coefficient (Wildman–Crippen LogP) is 2.56. The molecule has 0 spiro atoms. The maximum absolute atomic E-state index is 13.6. The first-order valence-corrected chi connectivity index (χ1v) is 12.8. The number of esters is 1. The van der Waals surface area contributed by atoms with E-state index in [2.05, 4.69) is 0 Å². The molecule has 0 radical (unpaired) electrons. The molecule has 10 nitrogen and oxygen atoms in total. The maximum atomic E-state index is 13.6. The predicted molar refractivity (Wildman–Crippen MR) is 119 cm³/mol. The Morgan fingerprint density at radius 1 is 0.771 bits per heavy atom. The molecule has 0 aliphatic carbocycles. The summed E-state index contributed by atoms with van der Waals surface area (Å²) in [6.45, 7) is 0. The van der Waals surface area contributed by atoms with E-state index in [1.165, 1.54) is 24.3 Å². The van der Waals surface area contributed by atoms with Crippen LogP contribution in [0.3, 0.4) is 0 Å². The molecular weight excluding hydrogens is 500 g/mol. The van der Waals surface area contributed by atoms with Crippen molar-refractivity contribution in [2.75, 3.05) is 0 Å². The molecule has 0 amide bonds. The monoisotopic (exact) mass is 516 g/mol. The third kappa shape index (κ3) is 4.77. The van der Waals surface area contributed by atoms with Crippen molar-refractivity contribution in [1.29, 1.82) is 0 Å². The van der Waals surface area contributed by atoms with E-state index >= 15 is 0 Å². The van der Waals surface area contributed by atoms with E-state index in [1.807, 2.05) is 0 Å². The molecule has 0 bridgehead atoms. The van der Waals surface area contributed by atoms with Crippen molar-refractivity contribution in [2.24, 2.45) is 5.92 Å². The van der Waals surface area contributed by atoms with Gasteiger partial charge in [0.15, 0.2) is 11.6 Å². The maximum Gasteiger partial charge on any atom is 0.323 e. The SMILES string of the molecule is O=C1Oc2ccccc2C(=O)C1C(C(=O)c1ccc(S(=O)(=O)O)cc1)c1ccc(S(=O)(=O)O)cc1. The van der Waals surface area contributed by atoms with Crippen LogP contribution in [0.2, 0.25) is 0 Å². The normalized spacial score (nSPS) is 16.8. The number of Topliss-reactive ketones (excluding diaryl/α,β-unsaturated/α-hetero) is 2. The summed E-state index contributed by atoms with van der Waals surface area (Å²) in [6.07, 6.45) is 0. The third-order valence-corrected chi connectivity index (χ3v) is 7.22. The molecule has 2 N–H and O–H groups in total. The average Bonchev–Trinajstić information content (AvgIpc) is 2.80. The quantitative estimate of drug-likeness (QED) is 0.163. The first kappa shape index (κ1) is 24.4. The molecule has 1 aliphatic rings. The summed E-state index contributed by atoms with van der Waals surface area (Å²) in [7, 11) is -9.07. The highest BCUT2D eigenvalue weighted by molar-refractivity contribution is 7.86. The standard InChI is InChI=1S/C23H16O10S2/c24-21(14-7-11-16(12-8-14)35(30,31)32)19(13-5-9-15(10-6-13)34(27,28)29)20-22(25)17-3-1-2-4-18(17)33-23(20)26/h1-12,19-20H,(H,27,28,29)(H,30,31,32). The fourth-order valence-corrected chi connectivity index (χ4v) is 4.77. The summed E-state index contributed by atoms with van der Waals surface area (Å²) >= 11 is 0. The highest BCUT2D eigenvalue weighted by Crippen LogP contribution is 2.38. The third-order valence-electron chi connectivity index (χ3n) is 5.49. The van der Waals surface area contributed by atoms with Crippen molar-refractivity contribution in [1.82, 2.24) is 0 Å². The Morgan fingerprint density at radius 2 is 1.29 bits per heavy atom. The molecule has 0 saturated carbocycles. The van der Waals surface area contributed by atoms with Gasteiger partial charge in [-0.05, 0) is 42.0 Å². The number of carbonyl (C=O) groups is 3. The van der Waals surface area contributed by atoms with Crippen LogP contribution >= 0.6 is 0 Å². The minimum atomic E-state index is -4.55. The van der Waals surface area contributed by atoms with Gasteiger partial charge >= 0.3 is 5.97 Å². The number of ketones is 2. The fourth-order valence-electron chi connectivity index (χ4n) is 3.81. The first-order valence-electron chi connectivity index (χ1n) is 9.92. The molecule has 2 atom stereocenters. The van der Waals surface area contributed by atoms with Gasteiger partial charge in [-0.15, -0.1) is 0 Å². The Morgan fingerprint density at radius 3 is 1.83 bits per heavy atom. The molecule has 35 heavy (non-hydrogen) atoms. The lowest BCUT2D eigenvalue weighted by Gasteiger charge is -2.28. The number of hydrogen-bond acceptors (Lipinski definition) is 8. The molecular formula is C23H16O10S2. The molecule has 1 heterocycles. The number of fused-ring (bicyclic) bond motifs is 1. The molecule has 12 heteroatoms. The molecule has 2 unspecified atom stereocenters. The number of hydrogen-bond donors (Lipinski definition) is 2. The van der Waals surface area contributed by atoms with Crippen molar-refractivity contribution in [3.63, 3.8) is 0 Å². The first-order chi connectivity index (χ1) is 16.4. The molecule has 4 rings (SSSR count). The Kier molecular flexibility index (Phi) is 6.15. The van der Waals surface area contributed by atoms with Crippen LogP contribution in [-0.2, 0) is 25.0 Å². The van der Waals surface area contributed by atoms with Crippen LogP contribution in [0.4, 0.5) is 0 Å². The lowest BCUT2D eigenvalue weighted by molar-refractivity contribution is -0.138. The smallest absolute Gasteiger partial charge is 0.323 e. The van der Waals surface area contributed by atoms with Crippen molar-refractivity contribution >= 4 is 37.8 Å². The van der Waals surface area contributed by atoms with E-state index < -0.39 is 59.4 Å². The van der Waals surface area contributed by atoms with Crippen LogP contribution in [0.1, 0.15) is 32.2 Å². The van der Waals surface area contributed by atoms with Gasteiger partial charge in [0, 0.05) is 5.56 Å². The topological polar surface area (TPSA) is 169 Å². The van der Waals surface area contributed by atoms with Crippen LogP contribution < -0.4 is 4.74 Å². The summed E-state index contributed by atoms with van der Waals surface area (Å²) in [5.74, 6) is -5.53. The number of ether oxygens (including phenoxy) is 1. The summed E-state index contributed by atoms with van der Waals surface area (Å²) in [5, 5.41) is 0. The van der Waals surface area contributed by atoms with Crippen molar-refractivity contribution in [2.45, 2.75) is 15.7 Å². The molecule has 180 valence electrons. The van der Waals surface area contributed by atoms with E-state index in [-0.39, 0.29) is 22.4 Å². The minimum Gasteiger partial charge on any atom is -0.425 e. The van der Waals surface area contributed by atoms with Crippen LogP contribution in [0.25, 0.3) is 0 Å².